The molecule has 7 heteroatoms. The Labute approximate surface area is 202 Å². The standard InChI is InChI=1S/C27H33NO5S/c1-5-7-22-17-26(25-16-21(19(2)3)8-6-9-24(22)25)34(30,31)28-15-14-20-10-12-23(13-11-20)33-18-27(29)32-4/h6,8-13,16-17,19,28H,5,7,14-15,18H2,1-4H3. The maximum absolute atomic E-state index is 13.3. The molecule has 0 unspecified atom stereocenters. The molecule has 0 radical (unpaired) electrons. The quantitative estimate of drug-likeness (QED) is 0.391. The van der Waals surface area contributed by atoms with E-state index in [0.29, 0.717) is 23.0 Å². The molecule has 3 rings (SSSR count). The van der Waals surface area contributed by atoms with Crippen LogP contribution in [0.25, 0.3) is 11.1 Å². The summed E-state index contributed by atoms with van der Waals surface area (Å²) in [6.07, 6.45) is 2.31. The zero-order chi connectivity index (χ0) is 24.7. The van der Waals surface area contributed by atoms with Gasteiger partial charge < -0.3 is 9.47 Å². The average Bonchev–Trinajstić information content (AvgIpc) is 3.00. The van der Waals surface area contributed by atoms with Crippen LogP contribution in [0, 0.1) is 0 Å². The van der Waals surface area contributed by atoms with Crippen molar-refractivity contribution in [1.29, 1.82) is 0 Å². The van der Waals surface area contributed by atoms with Crippen LogP contribution in [0.3, 0.4) is 0 Å². The summed E-state index contributed by atoms with van der Waals surface area (Å²) in [4.78, 5) is 11.5. The Bertz CT molecular complexity index is 1190. The predicted molar refractivity (Wildman–Crippen MR) is 134 cm³/mol. The number of benzene rings is 1. The molecule has 1 N–H and O–H groups in total. The number of nitrogens with one attached hydrogen (secondary N) is 1. The summed E-state index contributed by atoms with van der Waals surface area (Å²) in [5.74, 6) is 0.396. The van der Waals surface area contributed by atoms with Crippen molar-refractivity contribution in [3.05, 3.63) is 71.3 Å². The maximum atomic E-state index is 13.3. The smallest absolute Gasteiger partial charge is 0.343 e. The Morgan fingerprint density at radius 3 is 2.38 bits per heavy atom. The Morgan fingerprint density at radius 1 is 1.00 bits per heavy atom. The lowest BCUT2D eigenvalue weighted by Gasteiger charge is -2.09. The van der Waals surface area contributed by atoms with Gasteiger partial charge in [0.1, 0.15) is 5.75 Å². The van der Waals surface area contributed by atoms with Gasteiger partial charge in [-0.3, -0.25) is 0 Å². The SMILES string of the molecule is CCCc1cc(S(=O)(=O)NCCc2ccc(OCC(=O)OC)cc2)c2cc(C(C)C)cccc1-2. The maximum Gasteiger partial charge on any atom is 0.343 e. The largest absolute Gasteiger partial charge is 0.482 e. The molecular formula is C27H33NO5S. The summed E-state index contributed by atoms with van der Waals surface area (Å²) in [6, 6.07) is 17.1. The molecule has 0 heterocycles. The topological polar surface area (TPSA) is 81.7 Å². The lowest BCUT2D eigenvalue weighted by Crippen LogP contribution is -2.26. The number of ether oxygens (including phenoxy) is 2. The van der Waals surface area contributed by atoms with Crippen molar-refractivity contribution in [2.24, 2.45) is 0 Å². The molecule has 0 bridgehead atoms. The highest BCUT2D eigenvalue weighted by molar-refractivity contribution is 7.89. The highest BCUT2D eigenvalue weighted by atomic mass is 32.2. The van der Waals surface area contributed by atoms with Crippen molar-refractivity contribution in [2.45, 2.75) is 50.8 Å². The molecule has 1 aromatic carbocycles. The van der Waals surface area contributed by atoms with Crippen LogP contribution in [-0.2, 0) is 32.4 Å². The summed E-state index contributed by atoms with van der Waals surface area (Å²) in [5, 5.41) is 0. The minimum atomic E-state index is -3.68. The first-order valence-corrected chi connectivity index (χ1v) is 13.1. The van der Waals surface area contributed by atoms with Crippen molar-refractivity contribution < 1.29 is 22.7 Å². The third-order valence-corrected chi connectivity index (χ3v) is 7.26. The predicted octanol–water partition coefficient (Wildman–Crippen LogP) is 4.94. The number of methoxy groups -OCH3 is 1. The van der Waals surface area contributed by atoms with Crippen LogP contribution in [0.2, 0.25) is 0 Å². The van der Waals surface area contributed by atoms with E-state index in [0.717, 1.165) is 40.7 Å². The number of carbonyl (C=O) groups is 1. The number of hydrogen-bond acceptors (Lipinski definition) is 5. The number of hydrogen-bond donors (Lipinski definition) is 1. The molecule has 0 aromatic heterocycles. The number of esters is 1. The van der Waals surface area contributed by atoms with Gasteiger partial charge in [0.25, 0.3) is 0 Å². The van der Waals surface area contributed by atoms with Gasteiger partial charge in [-0.2, -0.15) is 0 Å². The van der Waals surface area contributed by atoms with Crippen molar-refractivity contribution in [1.82, 2.24) is 4.72 Å². The number of sulfonamides is 1. The summed E-state index contributed by atoms with van der Waals surface area (Å²) in [6.45, 7) is 6.43. The van der Waals surface area contributed by atoms with Gasteiger partial charge in [0.15, 0.2) is 6.61 Å². The van der Waals surface area contributed by atoms with Gasteiger partial charge in [-0.1, -0.05) is 57.5 Å². The van der Waals surface area contributed by atoms with Gasteiger partial charge in [0.05, 0.1) is 12.0 Å². The Hall–Kier alpha value is -2.90. The fourth-order valence-electron chi connectivity index (χ4n) is 3.85. The minimum Gasteiger partial charge on any atom is -0.482 e. The van der Waals surface area contributed by atoms with Crippen LogP contribution >= 0.6 is 0 Å². The number of fused-ring (bicyclic) bond motifs is 1. The summed E-state index contributed by atoms with van der Waals surface area (Å²) >= 11 is 0. The average molecular weight is 484 g/mol. The molecule has 182 valence electrons. The van der Waals surface area contributed by atoms with E-state index in [-0.39, 0.29) is 13.2 Å². The first-order chi connectivity index (χ1) is 16.2. The van der Waals surface area contributed by atoms with Gasteiger partial charge in [-0.25, -0.2) is 17.9 Å². The van der Waals surface area contributed by atoms with Crippen LogP contribution in [0.5, 0.6) is 5.75 Å². The van der Waals surface area contributed by atoms with Crippen LogP contribution in [0.4, 0.5) is 0 Å². The second-order valence-electron chi connectivity index (χ2n) is 8.59. The lowest BCUT2D eigenvalue weighted by atomic mass is 10.0. The Morgan fingerprint density at radius 2 is 1.74 bits per heavy atom. The van der Waals surface area contributed by atoms with Gasteiger partial charge in [-0.15, -0.1) is 0 Å². The number of rotatable bonds is 11. The lowest BCUT2D eigenvalue weighted by molar-refractivity contribution is -0.142. The molecule has 34 heavy (non-hydrogen) atoms. The Balaban J connectivity index is 1.74. The molecule has 0 spiro atoms. The minimum absolute atomic E-state index is 0.153. The molecule has 0 aliphatic heterocycles. The van der Waals surface area contributed by atoms with E-state index in [1.807, 2.05) is 36.4 Å². The molecule has 0 saturated carbocycles. The van der Waals surface area contributed by atoms with Crippen LogP contribution in [0.1, 0.15) is 49.8 Å². The third-order valence-electron chi connectivity index (χ3n) is 5.76. The highest BCUT2D eigenvalue weighted by Gasteiger charge is 2.24. The highest BCUT2D eigenvalue weighted by Crippen LogP contribution is 2.37. The zero-order valence-corrected chi connectivity index (χ0v) is 21.1. The van der Waals surface area contributed by atoms with E-state index in [2.05, 4.69) is 36.3 Å². The van der Waals surface area contributed by atoms with E-state index in [1.54, 1.807) is 12.1 Å². The molecule has 0 amide bonds. The molecule has 6 nitrogen and oxygen atoms in total. The first-order valence-electron chi connectivity index (χ1n) is 11.6. The van der Waals surface area contributed by atoms with Crippen molar-refractivity contribution in [2.75, 3.05) is 20.3 Å². The molecule has 0 fully saturated rings. The van der Waals surface area contributed by atoms with E-state index in [1.165, 1.54) is 7.11 Å². The molecular weight excluding hydrogens is 450 g/mol. The molecule has 0 saturated heterocycles. The number of carbonyl (C=O) groups excluding carboxylic acids is 1. The summed E-state index contributed by atoms with van der Waals surface area (Å²) < 4.78 is 39.3. The van der Waals surface area contributed by atoms with Crippen LogP contribution < -0.4 is 9.46 Å². The van der Waals surface area contributed by atoms with Crippen molar-refractivity contribution in [3.63, 3.8) is 0 Å². The van der Waals surface area contributed by atoms with E-state index in [9.17, 15) is 13.2 Å². The van der Waals surface area contributed by atoms with Gasteiger partial charge in [-0.05, 0) is 65.3 Å². The first kappa shape index (κ1) is 25.7. The summed E-state index contributed by atoms with van der Waals surface area (Å²) in [5.41, 5.74) is 4.90. The van der Waals surface area contributed by atoms with E-state index < -0.39 is 16.0 Å². The molecule has 2 aliphatic carbocycles. The summed E-state index contributed by atoms with van der Waals surface area (Å²) in [7, 11) is -2.37. The number of aryl methyl sites for hydroxylation is 1. The Kier molecular flexibility index (Phi) is 8.69. The van der Waals surface area contributed by atoms with Crippen LogP contribution in [-0.4, -0.2) is 34.6 Å². The normalized spacial score (nSPS) is 11.7. The second kappa shape index (κ2) is 11.5. The van der Waals surface area contributed by atoms with Gasteiger partial charge in [0, 0.05) is 12.1 Å². The molecule has 1 aromatic rings. The van der Waals surface area contributed by atoms with Crippen molar-refractivity contribution in [3.8, 4) is 16.9 Å². The zero-order valence-electron chi connectivity index (χ0n) is 20.3. The molecule has 0 atom stereocenters. The van der Waals surface area contributed by atoms with E-state index >= 15 is 0 Å². The van der Waals surface area contributed by atoms with Gasteiger partial charge in [0.2, 0.25) is 10.0 Å². The monoisotopic (exact) mass is 483 g/mol. The fraction of sp³-hybridized carbons (Fsp3) is 0.370. The fourth-order valence-corrected chi connectivity index (χ4v) is 5.14. The second-order valence-corrected chi connectivity index (χ2v) is 10.3. The van der Waals surface area contributed by atoms with Crippen molar-refractivity contribution >= 4 is 16.0 Å². The molecule has 2 aliphatic rings. The van der Waals surface area contributed by atoms with Crippen LogP contribution in [0.15, 0.2) is 59.5 Å². The van der Waals surface area contributed by atoms with Gasteiger partial charge >= 0.3 is 5.97 Å². The third kappa shape index (κ3) is 6.36. The van der Waals surface area contributed by atoms with E-state index in [4.69, 9.17) is 4.74 Å².